The number of Topliss-reactive ketones (excluding diaryl/α,β-unsaturated/α-hetero) is 1. The van der Waals surface area contributed by atoms with Crippen LogP contribution in [-0.2, 0) is 4.79 Å². The zero-order chi connectivity index (χ0) is 15.1. The third kappa shape index (κ3) is 4.71. The first-order valence-electron chi connectivity index (χ1n) is 6.32. The Kier molecular flexibility index (Phi) is 6.27. The van der Waals surface area contributed by atoms with Crippen LogP contribution >= 0.6 is 0 Å². The van der Waals surface area contributed by atoms with Crippen molar-refractivity contribution in [2.45, 2.75) is 25.8 Å². The van der Waals surface area contributed by atoms with Crippen LogP contribution in [0.4, 0.5) is 4.39 Å². The maximum Gasteiger partial charge on any atom is 0.305 e. The van der Waals surface area contributed by atoms with Gasteiger partial charge in [0, 0.05) is 12.2 Å². The predicted octanol–water partition coefficient (Wildman–Crippen LogP) is 1.13. The third-order valence-electron chi connectivity index (χ3n) is 2.86. The van der Waals surface area contributed by atoms with Crippen LogP contribution in [0.15, 0.2) is 18.2 Å². The summed E-state index contributed by atoms with van der Waals surface area (Å²) in [5, 5.41) is 20.3. The van der Waals surface area contributed by atoms with E-state index in [1.165, 1.54) is 25.1 Å². The quantitative estimate of drug-likeness (QED) is 0.492. The van der Waals surface area contributed by atoms with Gasteiger partial charge in [-0.1, -0.05) is 0 Å². The molecule has 0 heterocycles. The molecule has 1 unspecified atom stereocenters. The van der Waals surface area contributed by atoms with E-state index in [9.17, 15) is 14.0 Å². The first-order chi connectivity index (χ1) is 9.45. The fraction of sp³-hybridized carbons (Fsp3) is 0.429. The van der Waals surface area contributed by atoms with Crippen LogP contribution in [0.3, 0.4) is 0 Å². The van der Waals surface area contributed by atoms with Crippen LogP contribution in [0.25, 0.3) is 0 Å². The largest absolute Gasteiger partial charge is 0.481 e. The molecule has 6 heteroatoms. The molecular formula is C14H18FNO4. The first-order valence-corrected chi connectivity index (χ1v) is 6.32. The van der Waals surface area contributed by atoms with Crippen molar-refractivity contribution in [2.24, 2.45) is 0 Å². The number of hydrogen-bond acceptors (Lipinski definition) is 4. The molecular weight excluding hydrogens is 265 g/mol. The number of aliphatic carboxylic acids is 1. The van der Waals surface area contributed by atoms with E-state index in [1.807, 2.05) is 0 Å². The van der Waals surface area contributed by atoms with E-state index < -0.39 is 23.6 Å². The number of benzene rings is 1. The second-order valence-corrected chi connectivity index (χ2v) is 4.51. The highest BCUT2D eigenvalue weighted by Crippen LogP contribution is 2.12. The fourth-order valence-electron chi connectivity index (χ4n) is 1.79. The Bertz CT molecular complexity index is 490. The summed E-state index contributed by atoms with van der Waals surface area (Å²) >= 11 is 0. The Balaban J connectivity index is 2.84. The molecule has 0 spiro atoms. The normalized spacial score (nSPS) is 12.2. The van der Waals surface area contributed by atoms with Gasteiger partial charge in [0.2, 0.25) is 0 Å². The number of aliphatic hydroxyl groups excluding tert-OH is 1. The van der Waals surface area contributed by atoms with Crippen LogP contribution in [-0.4, -0.2) is 41.2 Å². The zero-order valence-electron chi connectivity index (χ0n) is 11.2. The van der Waals surface area contributed by atoms with Gasteiger partial charge in [0.25, 0.3) is 0 Å². The van der Waals surface area contributed by atoms with Crippen molar-refractivity contribution in [1.82, 2.24) is 5.32 Å². The lowest BCUT2D eigenvalue weighted by Crippen LogP contribution is -2.39. The SMILES string of the molecule is Cc1cc(C(=O)C(CC(=O)O)NCCCO)ccc1F. The van der Waals surface area contributed by atoms with Gasteiger partial charge in [-0.05, 0) is 43.7 Å². The Morgan fingerprint density at radius 2 is 2.10 bits per heavy atom. The van der Waals surface area contributed by atoms with Gasteiger partial charge < -0.3 is 15.5 Å². The number of carboxylic acids is 1. The van der Waals surface area contributed by atoms with Crippen molar-refractivity contribution in [3.8, 4) is 0 Å². The van der Waals surface area contributed by atoms with Crippen molar-refractivity contribution in [2.75, 3.05) is 13.2 Å². The maximum absolute atomic E-state index is 13.2. The van der Waals surface area contributed by atoms with Crippen molar-refractivity contribution < 1.29 is 24.2 Å². The van der Waals surface area contributed by atoms with Crippen LogP contribution < -0.4 is 5.32 Å². The van der Waals surface area contributed by atoms with Gasteiger partial charge in [-0.15, -0.1) is 0 Å². The predicted molar refractivity (Wildman–Crippen MR) is 71.2 cm³/mol. The molecule has 0 fully saturated rings. The number of nitrogens with one attached hydrogen (secondary N) is 1. The minimum absolute atomic E-state index is 0.0450. The highest BCUT2D eigenvalue weighted by atomic mass is 19.1. The third-order valence-corrected chi connectivity index (χ3v) is 2.86. The number of hydrogen-bond donors (Lipinski definition) is 3. The van der Waals surface area contributed by atoms with E-state index in [4.69, 9.17) is 10.2 Å². The van der Waals surface area contributed by atoms with E-state index in [-0.39, 0.29) is 18.6 Å². The van der Waals surface area contributed by atoms with Gasteiger partial charge in [-0.25, -0.2) is 4.39 Å². The summed E-state index contributed by atoms with van der Waals surface area (Å²) in [5.41, 5.74) is 0.604. The molecule has 0 aliphatic rings. The topological polar surface area (TPSA) is 86.6 Å². The Morgan fingerprint density at radius 3 is 2.65 bits per heavy atom. The summed E-state index contributed by atoms with van der Waals surface area (Å²) in [4.78, 5) is 23.0. The number of aliphatic hydroxyl groups is 1. The second-order valence-electron chi connectivity index (χ2n) is 4.51. The highest BCUT2D eigenvalue weighted by Gasteiger charge is 2.22. The molecule has 1 aromatic carbocycles. The summed E-state index contributed by atoms with van der Waals surface area (Å²) in [6.45, 7) is 1.83. The molecule has 1 aromatic rings. The highest BCUT2D eigenvalue weighted by molar-refractivity contribution is 6.01. The average Bonchev–Trinajstić information content (AvgIpc) is 2.40. The fourth-order valence-corrected chi connectivity index (χ4v) is 1.79. The van der Waals surface area contributed by atoms with Gasteiger partial charge >= 0.3 is 5.97 Å². The number of aryl methyl sites for hydroxylation is 1. The number of carboxylic acid groups (broad SMARTS) is 1. The molecule has 0 aliphatic carbocycles. The molecule has 0 radical (unpaired) electrons. The van der Waals surface area contributed by atoms with Gasteiger partial charge in [0.05, 0.1) is 12.5 Å². The summed E-state index contributed by atoms with van der Waals surface area (Å²) in [6.07, 6.45) is 0.0620. The molecule has 0 bridgehead atoms. The number of carbonyl (C=O) groups is 2. The Morgan fingerprint density at radius 1 is 1.40 bits per heavy atom. The van der Waals surface area contributed by atoms with Crippen LogP contribution in [0, 0.1) is 12.7 Å². The summed E-state index contributed by atoms with van der Waals surface area (Å²) < 4.78 is 13.2. The van der Waals surface area contributed by atoms with Crippen molar-refractivity contribution in [1.29, 1.82) is 0 Å². The van der Waals surface area contributed by atoms with Crippen molar-refractivity contribution in [3.63, 3.8) is 0 Å². The van der Waals surface area contributed by atoms with E-state index >= 15 is 0 Å². The van der Waals surface area contributed by atoms with Crippen LogP contribution in [0.1, 0.15) is 28.8 Å². The van der Waals surface area contributed by atoms with Crippen molar-refractivity contribution >= 4 is 11.8 Å². The number of ketones is 1. The Hall–Kier alpha value is -1.79. The maximum atomic E-state index is 13.2. The molecule has 20 heavy (non-hydrogen) atoms. The lowest BCUT2D eigenvalue weighted by molar-refractivity contribution is -0.137. The van der Waals surface area contributed by atoms with Crippen LogP contribution in [0.2, 0.25) is 0 Å². The molecule has 1 rings (SSSR count). The van der Waals surface area contributed by atoms with Gasteiger partial charge in [0.15, 0.2) is 5.78 Å². The number of halogens is 1. The number of carbonyl (C=O) groups excluding carboxylic acids is 1. The zero-order valence-corrected chi connectivity index (χ0v) is 11.2. The molecule has 0 saturated carbocycles. The Labute approximate surface area is 116 Å². The van der Waals surface area contributed by atoms with Gasteiger partial charge in [0.1, 0.15) is 5.82 Å². The lowest BCUT2D eigenvalue weighted by atomic mass is 9.99. The van der Waals surface area contributed by atoms with E-state index in [1.54, 1.807) is 0 Å². The molecule has 110 valence electrons. The summed E-state index contributed by atoms with van der Waals surface area (Å²) in [5.74, 6) is -1.91. The minimum Gasteiger partial charge on any atom is -0.481 e. The minimum atomic E-state index is -1.10. The van der Waals surface area contributed by atoms with E-state index in [2.05, 4.69) is 5.32 Å². The average molecular weight is 283 g/mol. The van der Waals surface area contributed by atoms with Gasteiger partial charge in [-0.2, -0.15) is 0 Å². The molecule has 5 nitrogen and oxygen atoms in total. The van der Waals surface area contributed by atoms with Crippen LogP contribution in [0.5, 0.6) is 0 Å². The molecule has 1 atom stereocenters. The summed E-state index contributed by atoms with van der Waals surface area (Å²) in [7, 11) is 0. The van der Waals surface area contributed by atoms with E-state index in [0.29, 0.717) is 18.5 Å². The molecule has 0 amide bonds. The molecule has 0 saturated heterocycles. The smallest absolute Gasteiger partial charge is 0.305 e. The second kappa shape index (κ2) is 7.72. The molecule has 0 aliphatic heterocycles. The van der Waals surface area contributed by atoms with Crippen molar-refractivity contribution in [3.05, 3.63) is 35.1 Å². The molecule has 0 aromatic heterocycles. The first kappa shape index (κ1) is 16.3. The molecule has 3 N–H and O–H groups in total. The lowest BCUT2D eigenvalue weighted by Gasteiger charge is -2.16. The standard InChI is InChI=1S/C14H18FNO4/c1-9-7-10(3-4-11(9)15)14(20)12(8-13(18)19)16-5-2-6-17/h3-4,7,12,16-17H,2,5-6,8H2,1H3,(H,18,19). The number of rotatable bonds is 8. The van der Waals surface area contributed by atoms with E-state index in [0.717, 1.165) is 0 Å². The monoisotopic (exact) mass is 283 g/mol. The van der Waals surface area contributed by atoms with Gasteiger partial charge in [-0.3, -0.25) is 9.59 Å². The summed E-state index contributed by atoms with van der Waals surface area (Å²) in [6, 6.07) is 3.05.